The maximum atomic E-state index is 10.1. The molecule has 0 bridgehead atoms. The summed E-state index contributed by atoms with van der Waals surface area (Å²) in [5.74, 6) is 0.590. The summed E-state index contributed by atoms with van der Waals surface area (Å²) in [7, 11) is 1.48. The average molecular weight is 400 g/mol. The average Bonchev–Trinajstić information content (AvgIpc) is 2.65. The highest BCUT2D eigenvalue weighted by atomic mass is 79.9. The minimum absolute atomic E-state index is 0.00618. The van der Waals surface area contributed by atoms with Crippen LogP contribution in [0.4, 0.5) is 5.95 Å². The lowest BCUT2D eigenvalue weighted by Crippen LogP contribution is -2.00. The largest absolute Gasteiger partial charge is 0.504 e. The third-order valence-corrected chi connectivity index (χ3v) is 3.74. The number of phenols is 1. The van der Waals surface area contributed by atoms with Crippen LogP contribution in [0.25, 0.3) is 11.3 Å². The third kappa shape index (κ3) is 4.10. The van der Waals surface area contributed by atoms with Crippen LogP contribution in [-0.4, -0.2) is 33.6 Å². The highest BCUT2D eigenvalue weighted by molar-refractivity contribution is 9.10. The Balaban J connectivity index is 1.78. The number of benzene rings is 2. The van der Waals surface area contributed by atoms with Crippen molar-refractivity contribution < 1.29 is 9.84 Å². The molecule has 3 rings (SSSR count). The van der Waals surface area contributed by atoms with Crippen LogP contribution in [0.2, 0.25) is 0 Å². The molecule has 0 atom stereocenters. The predicted molar refractivity (Wildman–Crippen MR) is 98.8 cm³/mol. The van der Waals surface area contributed by atoms with Gasteiger partial charge in [0.25, 0.3) is 5.95 Å². The van der Waals surface area contributed by atoms with E-state index in [9.17, 15) is 5.11 Å². The van der Waals surface area contributed by atoms with Crippen LogP contribution in [0.15, 0.2) is 58.2 Å². The van der Waals surface area contributed by atoms with Crippen molar-refractivity contribution in [2.45, 2.75) is 0 Å². The first kappa shape index (κ1) is 16.8. The van der Waals surface area contributed by atoms with Gasteiger partial charge in [0.2, 0.25) is 0 Å². The standard InChI is InChI=1S/C17H14BrN5O2/c1-25-15-8-13(18)7-12(16(15)24)9-19-22-17-21-14(10-20-23-17)11-5-3-2-4-6-11/h2-10,24H,1H3,(H,21,22,23). The molecule has 126 valence electrons. The lowest BCUT2D eigenvalue weighted by atomic mass is 10.2. The molecule has 0 spiro atoms. The Morgan fingerprint density at radius 2 is 2.04 bits per heavy atom. The first-order chi connectivity index (χ1) is 12.2. The second-order valence-corrected chi connectivity index (χ2v) is 5.86. The first-order valence-corrected chi connectivity index (χ1v) is 8.07. The van der Waals surface area contributed by atoms with Crippen molar-refractivity contribution in [1.82, 2.24) is 15.2 Å². The van der Waals surface area contributed by atoms with Crippen LogP contribution >= 0.6 is 15.9 Å². The van der Waals surface area contributed by atoms with Gasteiger partial charge in [-0.25, -0.2) is 10.4 Å². The van der Waals surface area contributed by atoms with Gasteiger partial charge < -0.3 is 9.84 Å². The predicted octanol–water partition coefficient (Wildman–Crippen LogP) is 3.46. The Labute approximate surface area is 152 Å². The fourth-order valence-electron chi connectivity index (χ4n) is 2.11. The Morgan fingerprint density at radius 1 is 1.24 bits per heavy atom. The lowest BCUT2D eigenvalue weighted by Gasteiger charge is -2.06. The number of phenolic OH excluding ortho intramolecular Hbond substituents is 1. The van der Waals surface area contributed by atoms with Crippen molar-refractivity contribution in [3.8, 4) is 22.8 Å². The van der Waals surface area contributed by atoms with E-state index in [2.05, 4.69) is 41.6 Å². The Hall–Kier alpha value is -3.00. The van der Waals surface area contributed by atoms with Gasteiger partial charge in [0.1, 0.15) is 0 Å². The molecule has 0 aliphatic heterocycles. The molecule has 7 nitrogen and oxygen atoms in total. The van der Waals surface area contributed by atoms with Gasteiger partial charge in [-0.2, -0.15) is 10.2 Å². The summed E-state index contributed by atoms with van der Waals surface area (Å²) in [6.07, 6.45) is 3.02. The van der Waals surface area contributed by atoms with E-state index < -0.39 is 0 Å². The summed E-state index contributed by atoms with van der Waals surface area (Å²) in [5.41, 5.74) is 4.79. The van der Waals surface area contributed by atoms with Crippen molar-refractivity contribution in [2.75, 3.05) is 12.5 Å². The van der Waals surface area contributed by atoms with Gasteiger partial charge in [0.05, 0.1) is 25.2 Å². The van der Waals surface area contributed by atoms with Crippen LogP contribution < -0.4 is 10.2 Å². The summed E-state index contributed by atoms with van der Waals surface area (Å²) >= 11 is 3.35. The van der Waals surface area contributed by atoms with Gasteiger partial charge in [-0.1, -0.05) is 46.3 Å². The molecule has 0 saturated carbocycles. The number of methoxy groups -OCH3 is 1. The van der Waals surface area contributed by atoms with Gasteiger partial charge in [-0.3, -0.25) is 0 Å². The number of nitrogens with one attached hydrogen (secondary N) is 1. The maximum absolute atomic E-state index is 10.1. The summed E-state index contributed by atoms with van der Waals surface area (Å²) in [5, 5.41) is 21.9. The molecular weight excluding hydrogens is 386 g/mol. The Morgan fingerprint density at radius 3 is 2.80 bits per heavy atom. The van der Waals surface area contributed by atoms with Crippen molar-refractivity contribution in [2.24, 2.45) is 5.10 Å². The first-order valence-electron chi connectivity index (χ1n) is 7.28. The van der Waals surface area contributed by atoms with E-state index in [-0.39, 0.29) is 11.7 Å². The van der Waals surface area contributed by atoms with Crippen molar-refractivity contribution in [3.05, 3.63) is 58.7 Å². The zero-order chi connectivity index (χ0) is 17.6. The molecule has 0 unspecified atom stereocenters. The quantitative estimate of drug-likeness (QED) is 0.504. The Kier molecular flexibility index (Phi) is 5.20. The van der Waals surface area contributed by atoms with E-state index in [1.807, 2.05) is 30.3 Å². The van der Waals surface area contributed by atoms with Gasteiger partial charge in [-0.05, 0) is 12.1 Å². The van der Waals surface area contributed by atoms with Crippen molar-refractivity contribution in [3.63, 3.8) is 0 Å². The van der Waals surface area contributed by atoms with Crippen LogP contribution in [0.1, 0.15) is 5.56 Å². The Bertz CT molecular complexity index is 903. The number of aromatic nitrogens is 3. The van der Waals surface area contributed by atoms with Gasteiger partial charge in [0, 0.05) is 15.6 Å². The van der Waals surface area contributed by atoms with Crippen molar-refractivity contribution >= 4 is 28.1 Å². The fourth-order valence-corrected chi connectivity index (χ4v) is 2.56. The van der Waals surface area contributed by atoms with E-state index in [1.165, 1.54) is 13.3 Å². The minimum atomic E-state index is -0.00618. The van der Waals surface area contributed by atoms with E-state index in [0.29, 0.717) is 17.0 Å². The second-order valence-electron chi connectivity index (χ2n) is 4.95. The van der Waals surface area contributed by atoms with E-state index in [0.717, 1.165) is 10.0 Å². The van der Waals surface area contributed by atoms with Gasteiger partial charge >= 0.3 is 0 Å². The zero-order valence-electron chi connectivity index (χ0n) is 13.2. The van der Waals surface area contributed by atoms with Crippen LogP contribution in [0.5, 0.6) is 11.5 Å². The molecule has 0 radical (unpaired) electrons. The summed E-state index contributed by atoms with van der Waals surface area (Å²) in [6, 6.07) is 13.0. The van der Waals surface area contributed by atoms with Gasteiger partial charge in [-0.15, -0.1) is 5.10 Å². The highest BCUT2D eigenvalue weighted by Gasteiger charge is 2.08. The normalized spacial score (nSPS) is 10.8. The molecule has 8 heteroatoms. The van der Waals surface area contributed by atoms with E-state index >= 15 is 0 Å². The minimum Gasteiger partial charge on any atom is -0.504 e. The van der Waals surface area contributed by atoms with Gasteiger partial charge in [0.15, 0.2) is 11.5 Å². The zero-order valence-corrected chi connectivity index (χ0v) is 14.8. The fraction of sp³-hybridized carbons (Fsp3) is 0.0588. The molecular formula is C17H14BrN5O2. The number of hydrogen-bond acceptors (Lipinski definition) is 7. The topological polar surface area (TPSA) is 92.5 Å². The van der Waals surface area contributed by atoms with E-state index in [1.54, 1.807) is 18.3 Å². The van der Waals surface area contributed by atoms with Crippen molar-refractivity contribution in [1.29, 1.82) is 0 Å². The molecule has 3 aromatic rings. The molecule has 0 saturated heterocycles. The molecule has 1 heterocycles. The summed E-state index contributed by atoms with van der Waals surface area (Å²) in [4.78, 5) is 4.35. The molecule has 0 aliphatic carbocycles. The number of hydrazone groups is 1. The molecule has 0 aliphatic rings. The number of hydrogen-bond donors (Lipinski definition) is 2. The third-order valence-electron chi connectivity index (χ3n) is 3.29. The maximum Gasteiger partial charge on any atom is 0.263 e. The number of rotatable bonds is 5. The molecule has 2 N–H and O–H groups in total. The molecule has 2 aromatic carbocycles. The van der Waals surface area contributed by atoms with E-state index in [4.69, 9.17) is 4.74 Å². The highest BCUT2D eigenvalue weighted by Crippen LogP contribution is 2.32. The summed E-state index contributed by atoms with van der Waals surface area (Å²) < 4.78 is 5.86. The molecule has 1 aromatic heterocycles. The van der Waals surface area contributed by atoms with Crippen LogP contribution in [0, 0.1) is 0 Å². The monoisotopic (exact) mass is 399 g/mol. The lowest BCUT2D eigenvalue weighted by molar-refractivity contribution is 0.373. The smallest absolute Gasteiger partial charge is 0.263 e. The van der Waals surface area contributed by atoms with Crippen LogP contribution in [-0.2, 0) is 0 Å². The number of halogens is 1. The number of anilines is 1. The second kappa shape index (κ2) is 7.71. The number of nitrogens with zero attached hydrogens (tertiary/aromatic N) is 4. The number of aromatic hydroxyl groups is 1. The SMILES string of the molecule is COc1cc(Br)cc(C=NNc2nncc(-c3ccccc3)n2)c1O. The summed E-state index contributed by atoms with van der Waals surface area (Å²) in [6.45, 7) is 0. The molecule has 25 heavy (non-hydrogen) atoms. The number of ether oxygens (including phenoxy) is 1. The van der Waals surface area contributed by atoms with Crippen LogP contribution in [0.3, 0.4) is 0 Å². The molecule has 0 amide bonds. The molecule has 0 fully saturated rings.